The summed E-state index contributed by atoms with van der Waals surface area (Å²) in [5.41, 5.74) is 0.122. The van der Waals surface area contributed by atoms with E-state index in [0.717, 1.165) is 31.2 Å². The van der Waals surface area contributed by atoms with E-state index in [1.54, 1.807) is 44.8 Å². The van der Waals surface area contributed by atoms with Gasteiger partial charge in [-0.3, -0.25) is 14.4 Å². The summed E-state index contributed by atoms with van der Waals surface area (Å²) in [7, 11) is 4.57. The maximum absolute atomic E-state index is 12.9. The van der Waals surface area contributed by atoms with Gasteiger partial charge < -0.3 is 24.7 Å². The lowest BCUT2D eigenvalue weighted by atomic mass is 9.95. The number of nitrogens with one attached hydrogen (secondary N) is 2. The highest BCUT2D eigenvalue weighted by atomic mass is 16.5. The first-order valence-electron chi connectivity index (χ1n) is 10.4. The van der Waals surface area contributed by atoms with Crippen molar-refractivity contribution in [1.82, 2.24) is 15.2 Å². The van der Waals surface area contributed by atoms with Crippen LogP contribution >= 0.6 is 0 Å². The van der Waals surface area contributed by atoms with Crippen LogP contribution in [-0.2, 0) is 6.54 Å². The minimum atomic E-state index is -0.577. The van der Waals surface area contributed by atoms with Crippen LogP contribution in [0.2, 0.25) is 0 Å². The van der Waals surface area contributed by atoms with E-state index in [1.165, 1.54) is 13.5 Å². The van der Waals surface area contributed by atoms with E-state index in [2.05, 4.69) is 10.6 Å². The summed E-state index contributed by atoms with van der Waals surface area (Å²) in [5.74, 6) is 0.179. The number of carbonyl (C=O) groups excluding carboxylic acids is 2. The molecular formula is C23H29N3O5. The molecule has 2 amide bonds. The molecule has 0 radical (unpaired) electrons. The second-order valence-electron chi connectivity index (χ2n) is 7.64. The molecule has 1 aliphatic carbocycles. The maximum atomic E-state index is 12.9. The Labute approximate surface area is 181 Å². The van der Waals surface area contributed by atoms with E-state index < -0.39 is 17.2 Å². The van der Waals surface area contributed by atoms with E-state index >= 15 is 0 Å². The Hall–Kier alpha value is -3.29. The van der Waals surface area contributed by atoms with Crippen molar-refractivity contribution in [1.29, 1.82) is 0 Å². The third kappa shape index (κ3) is 5.25. The molecule has 2 N–H and O–H groups in total. The van der Waals surface area contributed by atoms with Crippen molar-refractivity contribution >= 4 is 11.8 Å². The van der Waals surface area contributed by atoms with Crippen molar-refractivity contribution < 1.29 is 19.1 Å². The number of carbonyl (C=O) groups is 2. The third-order valence-electron chi connectivity index (χ3n) is 5.62. The molecule has 1 saturated carbocycles. The maximum Gasteiger partial charge on any atom is 0.257 e. The molecule has 0 saturated heterocycles. The van der Waals surface area contributed by atoms with Crippen LogP contribution < -0.4 is 25.5 Å². The number of pyridine rings is 1. The van der Waals surface area contributed by atoms with Crippen LogP contribution in [-0.4, -0.2) is 37.6 Å². The van der Waals surface area contributed by atoms with E-state index in [9.17, 15) is 14.4 Å². The van der Waals surface area contributed by atoms with E-state index in [0.29, 0.717) is 11.5 Å². The Morgan fingerprint density at radius 2 is 1.55 bits per heavy atom. The van der Waals surface area contributed by atoms with Gasteiger partial charge in [-0.1, -0.05) is 19.3 Å². The lowest BCUT2D eigenvalue weighted by Crippen LogP contribution is -2.35. The second-order valence-corrected chi connectivity index (χ2v) is 7.64. The van der Waals surface area contributed by atoms with Crippen LogP contribution in [0.5, 0.6) is 11.5 Å². The molecule has 2 aromatic rings. The van der Waals surface area contributed by atoms with Gasteiger partial charge in [0.1, 0.15) is 22.6 Å². The number of rotatable bonds is 7. The first kappa shape index (κ1) is 22.4. The molecule has 1 aliphatic rings. The quantitative estimate of drug-likeness (QED) is 0.708. The van der Waals surface area contributed by atoms with Gasteiger partial charge >= 0.3 is 0 Å². The van der Waals surface area contributed by atoms with Crippen LogP contribution in [0.3, 0.4) is 0 Å². The third-order valence-corrected chi connectivity index (χ3v) is 5.62. The molecule has 1 fully saturated rings. The minimum Gasteiger partial charge on any atom is -0.497 e. The van der Waals surface area contributed by atoms with Crippen LogP contribution in [0.1, 0.15) is 64.4 Å². The summed E-state index contributed by atoms with van der Waals surface area (Å²) >= 11 is 0. The zero-order valence-electron chi connectivity index (χ0n) is 18.2. The molecule has 1 aromatic carbocycles. The van der Waals surface area contributed by atoms with Crippen LogP contribution in [0, 0.1) is 0 Å². The lowest BCUT2D eigenvalue weighted by molar-refractivity contribution is 0.0948. The number of aromatic nitrogens is 1. The average molecular weight is 428 g/mol. The molecule has 0 spiro atoms. The lowest BCUT2D eigenvalue weighted by Gasteiger charge is -2.25. The fraction of sp³-hybridized carbons (Fsp3) is 0.435. The fourth-order valence-electron chi connectivity index (χ4n) is 3.89. The SMILES string of the molecule is CNC(=O)c1cn(C2CCCCC2)cc(C(=O)NCc2cc(OC)cc(OC)c2)c1=O. The van der Waals surface area contributed by atoms with Gasteiger partial charge in [-0.15, -0.1) is 0 Å². The molecule has 31 heavy (non-hydrogen) atoms. The molecule has 8 nitrogen and oxygen atoms in total. The molecule has 1 aromatic heterocycles. The topological polar surface area (TPSA) is 98.7 Å². The highest BCUT2D eigenvalue weighted by Gasteiger charge is 2.22. The number of nitrogens with zero attached hydrogens (tertiary/aromatic N) is 1. The summed E-state index contributed by atoms with van der Waals surface area (Å²) in [6.45, 7) is 0.180. The Morgan fingerprint density at radius 1 is 0.968 bits per heavy atom. The summed E-state index contributed by atoms with van der Waals surface area (Å²) in [5, 5.41) is 5.27. The monoisotopic (exact) mass is 427 g/mol. The van der Waals surface area contributed by atoms with Gasteiger partial charge in [-0.2, -0.15) is 0 Å². The Kier molecular flexibility index (Phi) is 7.33. The largest absolute Gasteiger partial charge is 0.497 e. The number of hydrogen-bond acceptors (Lipinski definition) is 5. The molecule has 0 bridgehead atoms. The van der Waals surface area contributed by atoms with Gasteiger partial charge in [0.05, 0.1) is 14.2 Å². The summed E-state index contributed by atoms with van der Waals surface area (Å²) in [4.78, 5) is 38.1. The average Bonchev–Trinajstić information content (AvgIpc) is 2.82. The van der Waals surface area contributed by atoms with Crippen molar-refractivity contribution in [3.63, 3.8) is 0 Å². The number of ether oxygens (including phenoxy) is 2. The van der Waals surface area contributed by atoms with Gasteiger partial charge in [-0.05, 0) is 30.5 Å². The van der Waals surface area contributed by atoms with Crippen molar-refractivity contribution in [2.24, 2.45) is 0 Å². The van der Waals surface area contributed by atoms with Crippen molar-refractivity contribution in [2.45, 2.75) is 44.7 Å². The van der Waals surface area contributed by atoms with Crippen LogP contribution in [0.25, 0.3) is 0 Å². The fourth-order valence-corrected chi connectivity index (χ4v) is 3.89. The molecule has 3 rings (SSSR count). The van der Waals surface area contributed by atoms with Gasteiger partial charge in [0.15, 0.2) is 0 Å². The van der Waals surface area contributed by atoms with Gasteiger partial charge in [0.25, 0.3) is 11.8 Å². The molecule has 166 valence electrons. The zero-order chi connectivity index (χ0) is 22.4. The molecule has 0 atom stereocenters. The van der Waals surface area contributed by atoms with Crippen molar-refractivity contribution in [2.75, 3.05) is 21.3 Å². The smallest absolute Gasteiger partial charge is 0.257 e. The molecule has 0 aliphatic heterocycles. The number of amides is 2. The Bertz CT molecular complexity index is 987. The van der Waals surface area contributed by atoms with E-state index in [1.807, 2.05) is 4.57 Å². The zero-order valence-corrected chi connectivity index (χ0v) is 18.2. The Morgan fingerprint density at radius 3 is 2.10 bits per heavy atom. The second kappa shape index (κ2) is 10.1. The van der Waals surface area contributed by atoms with E-state index in [-0.39, 0.29) is 23.7 Å². The summed E-state index contributed by atoms with van der Waals surface area (Å²) in [6, 6.07) is 5.47. The summed E-state index contributed by atoms with van der Waals surface area (Å²) < 4.78 is 12.4. The highest BCUT2D eigenvalue weighted by Crippen LogP contribution is 2.28. The number of hydrogen-bond donors (Lipinski definition) is 2. The Balaban J connectivity index is 1.88. The van der Waals surface area contributed by atoms with Gasteiger partial charge in [0, 0.05) is 38.1 Å². The number of benzene rings is 1. The van der Waals surface area contributed by atoms with Crippen LogP contribution in [0.4, 0.5) is 0 Å². The summed E-state index contributed by atoms with van der Waals surface area (Å²) in [6.07, 6.45) is 8.42. The van der Waals surface area contributed by atoms with Crippen molar-refractivity contribution in [3.8, 4) is 11.5 Å². The van der Waals surface area contributed by atoms with E-state index in [4.69, 9.17) is 9.47 Å². The standard InChI is InChI=1S/C23H29N3O5/c1-24-22(28)19-13-26(16-7-5-4-6-8-16)14-20(21(19)27)23(29)25-12-15-9-17(30-2)11-18(10-15)31-3/h9-11,13-14,16H,4-8,12H2,1-3H3,(H,24,28)(H,25,29). The minimum absolute atomic E-state index is 0.0243. The highest BCUT2D eigenvalue weighted by molar-refractivity contribution is 5.99. The predicted molar refractivity (Wildman–Crippen MR) is 117 cm³/mol. The molecule has 0 unspecified atom stereocenters. The first-order valence-corrected chi connectivity index (χ1v) is 10.4. The van der Waals surface area contributed by atoms with Gasteiger partial charge in [0.2, 0.25) is 5.43 Å². The van der Waals surface area contributed by atoms with Gasteiger partial charge in [-0.25, -0.2) is 0 Å². The molecular weight excluding hydrogens is 398 g/mol. The van der Waals surface area contributed by atoms with Crippen molar-refractivity contribution in [3.05, 3.63) is 57.5 Å². The number of methoxy groups -OCH3 is 2. The first-order chi connectivity index (χ1) is 15.0. The molecule has 8 heteroatoms. The normalized spacial score (nSPS) is 14.0. The van der Waals surface area contributed by atoms with Crippen LogP contribution in [0.15, 0.2) is 35.4 Å². The molecule has 1 heterocycles. The predicted octanol–water partition coefficient (Wildman–Crippen LogP) is 2.66.